The van der Waals surface area contributed by atoms with Gasteiger partial charge in [0.05, 0.1) is 11.4 Å². The van der Waals surface area contributed by atoms with E-state index in [1.165, 1.54) is 0 Å². The van der Waals surface area contributed by atoms with Crippen LogP contribution in [0.3, 0.4) is 0 Å². The Morgan fingerprint density at radius 2 is 2.18 bits per heavy atom. The molecule has 22 heavy (non-hydrogen) atoms. The van der Waals surface area contributed by atoms with E-state index in [1.807, 2.05) is 45.0 Å². The first kappa shape index (κ1) is 15.8. The summed E-state index contributed by atoms with van der Waals surface area (Å²) in [5, 5.41) is 12.2. The standard InChI is InChI=1S/C17H20N4O/c1-4-15(9-18)22-16-7-5-6-14(8-16)11-20-17-13(3)19-10-12(2)21-17/h5-8,10,15H,4,11H2,1-3H3,(H,20,21). The van der Waals surface area contributed by atoms with Gasteiger partial charge in [0.1, 0.15) is 17.6 Å². The molecule has 5 nitrogen and oxygen atoms in total. The molecular weight excluding hydrogens is 276 g/mol. The highest BCUT2D eigenvalue weighted by molar-refractivity contribution is 5.41. The summed E-state index contributed by atoms with van der Waals surface area (Å²) >= 11 is 0. The maximum atomic E-state index is 8.96. The summed E-state index contributed by atoms with van der Waals surface area (Å²) in [4.78, 5) is 8.72. The highest BCUT2D eigenvalue weighted by Crippen LogP contribution is 2.17. The summed E-state index contributed by atoms with van der Waals surface area (Å²) in [7, 11) is 0. The van der Waals surface area contributed by atoms with Crippen LogP contribution in [0, 0.1) is 25.2 Å². The summed E-state index contributed by atoms with van der Waals surface area (Å²) in [6.45, 7) is 6.39. The second kappa shape index (κ2) is 7.41. The molecule has 1 atom stereocenters. The molecule has 0 aliphatic heterocycles. The van der Waals surface area contributed by atoms with Gasteiger partial charge in [-0.25, -0.2) is 4.98 Å². The van der Waals surface area contributed by atoms with Gasteiger partial charge in [-0.1, -0.05) is 19.1 Å². The summed E-state index contributed by atoms with van der Waals surface area (Å²) < 4.78 is 5.63. The molecule has 0 amide bonds. The van der Waals surface area contributed by atoms with Crippen molar-refractivity contribution >= 4 is 5.82 Å². The number of anilines is 1. The van der Waals surface area contributed by atoms with Crippen LogP contribution in [0.5, 0.6) is 5.75 Å². The number of rotatable bonds is 6. The number of aromatic nitrogens is 2. The number of benzene rings is 1. The first-order valence-corrected chi connectivity index (χ1v) is 7.31. The third-order valence-corrected chi connectivity index (χ3v) is 3.23. The number of nitrogens with zero attached hydrogens (tertiary/aromatic N) is 3. The summed E-state index contributed by atoms with van der Waals surface area (Å²) in [6.07, 6.45) is 2.01. The van der Waals surface area contributed by atoms with Crippen molar-refractivity contribution in [3.8, 4) is 11.8 Å². The Morgan fingerprint density at radius 1 is 1.36 bits per heavy atom. The molecule has 0 saturated heterocycles. The Balaban J connectivity index is 2.04. The zero-order chi connectivity index (χ0) is 15.9. The summed E-state index contributed by atoms with van der Waals surface area (Å²) in [6, 6.07) is 9.86. The molecule has 0 saturated carbocycles. The van der Waals surface area contributed by atoms with Crippen molar-refractivity contribution < 1.29 is 4.74 Å². The first-order chi connectivity index (χ1) is 10.6. The van der Waals surface area contributed by atoms with E-state index in [-0.39, 0.29) is 0 Å². The number of hydrogen-bond donors (Lipinski definition) is 1. The lowest BCUT2D eigenvalue weighted by molar-refractivity contribution is 0.251. The third-order valence-electron chi connectivity index (χ3n) is 3.23. The molecular formula is C17H20N4O. The highest BCUT2D eigenvalue weighted by atomic mass is 16.5. The predicted molar refractivity (Wildman–Crippen MR) is 85.6 cm³/mol. The van der Waals surface area contributed by atoms with Crippen molar-refractivity contribution in [2.45, 2.75) is 39.8 Å². The lowest BCUT2D eigenvalue weighted by Crippen LogP contribution is -2.12. The smallest absolute Gasteiger partial charge is 0.184 e. The van der Waals surface area contributed by atoms with Crippen molar-refractivity contribution in [3.05, 3.63) is 47.4 Å². The maximum absolute atomic E-state index is 8.96. The van der Waals surface area contributed by atoms with Gasteiger partial charge < -0.3 is 10.1 Å². The number of aryl methyl sites for hydroxylation is 2. The van der Waals surface area contributed by atoms with Crippen molar-refractivity contribution in [1.29, 1.82) is 5.26 Å². The minimum atomic E-state index is -0.409. The average Bonchev–Trinajstić information content (AvgIpc) is 2.54. The van der Waals surface area contributed by atoms with E-state index < -0.39 is 6.10 Å². The molecule has 0 aliphatic rings. The largest absolute Gasteiger partial charge is 0.476 e. The van der Waals surface area contributed by atoms with Gasteiger partial charge in [-0.2, -0.15) is 5.26 Å². The molecule has 114 valence electrons. The van der Waals surface area contributed by atoms with E-state index in [2.05, 4.69) is 21.4 Å². The van der Waals surface area contributed by atoms with E-state index in [1.54, 1.807) is 6.20 Å². The second-order valence-corrected chi connectivity index (χ2v) is 5.09. The number of nitriles is 1. The van der Waals surface area contributed by atoms with Crippen LogP contribution in [0.15, 0.2) is 30.5 Å². The lowest BCUT2D eigenvalue weighted by Gasteiger charge is -2.12. The highest BCUT2D eigenvalue weighted by Gasteiger charge is 2.07. The van der Waals surface area contributed by atoms with Gasteiger partial charge >= 0.3 is 0 Å². The Morgan fingerprint density at radius 3 is 2.91 bits per heavy atom. The van der Waals surface area contributed by atoms with Crippen LogP contribution in [0.25, 0.3) is 0 Å². The summed E-state index contributed by atoms with van der Waals surface area (Å²) in [5.41, 5.74) is 2.81. The fourth-order valence-electron chi connectivity index (χ4n) is 1.98. The molecule has 2 aromatic rings. The lowest BCUT2D eigenvalue weighted by atomic mass is 10.2. The molecule has 5 heteroatoms. The van der Waals surface area contributed by atoms with E-state index >= 15 is 0 Å². The number of hydrogen-bond acceptors (Lipinski definition) is 5. The maximum Gasteiger partial charge on any atom is 0.184 e. The average molecular weight is 296 g/mol. The molecule has 1 aromatic heterocycles. The van der Waals surface area contributed by atoms with Gasteiger partial charge in [-0.05, 0) is 38.0 Å². The fourth-order valence-corrected chi connectivity index (χ4v) is 1.98. The zero-order valence-corrected chi connectivity index (χ0v) is 13.1. The molecule has 1 aromatic carbocycles. The quantitative estimate of drug-likeness (QED) is 0.884. The van der Waals surface area contributed by atoms with E-state index in [0.29, 0.717) is 18.7 Å². The monoisotopic (exact) mass is 296 g/mol. The predicted octanol–water partition coefficient (Wildman–Crippen LogP) is 3.39. The normalized spacial score (nSPS) is 11.5. The van der Waals surface area contributed by atoms with Gasteiger partial charge in [0.15, 0.2) is 6.10 Å². The van der Waals surface area contributed by atoms with Gasteiger partial charge in [0.25, 0.3) is 0 Å². The van der Waals surface area contributed by atoms with Crippen molar-refractivity contribution in [2.24, 2.45) is 0 Å². The van der Waals surface area contributed by atoms with Crippen LogP contribution >= 0.6 is 0 Å². The van der Waals surface area contributed by atoms with Crippen molar-refractivity contribution in [1.82, 2.24) is 9.97 Å². The van der Waals surface area contributed by atoms with Crippen molar-refractivity contribution in [3.63, 3.8) is 0 Å². The third kappa shape index (κ3) is 4.19. The van der Waals surface area contributed by atoms with Crippen LogP contribution in [0.4, 0.5) is 5.82 Å². The SMILES string of the molecule is CCC(C#N)Oc1cccc(CNc2nc(C)cnc2C)c1. The Bertz CT molecular complexity index is 679. The molecule has 0 spiro atoms. The molecule has 2 rings (SSSR count). The van der Waals surface area contributed by atoms with E-state index in [4.69, 9.17) is 10.00 Å². The molecule has 1 heterocycles. The van der Waals surface area contributed by atoms with Crippen LogP contribution in [0.1, 0.15) is 30.3 Å². The Kier molecular flexibility index (Phi) is 5.31. The van der Waals surface area contributed by atoms with E-state index in [9.17, 15) is 0 Å². The molecule has 1 unspecified atom stereocenters. The van der Waals surface area contributed by atoms with Gasteiger partial charge in [-0.3, -0.25) is 4.98 Å². The number of ether oxygens (including phenoxy) is 1. The van der Waals surface area contributed by atoms with Crippen molar-refractivity contribution in [2.75, 3.05) is 5.32 Å². The van der Waals surface area contributed by atoms with Crippen LogP contribution in [-0.4, -0.2) is 16.1 Å². The molecule has 0 bridgehead atoms. The molecule has 0 fully saturated rings. The number of nitrogens with one attached hydrogen (secondary N) is 1. The Labute approximate surface area is 131 Å². The zero-order valence-electron chi connectivity index (χ0n) is 13.1. The minimum absolute atomic E-state index is 0.409. The molecule has 1 N–H and O–H groups in total. The molecule has 0 aliphatic carbocycles. The molecule has 0 radical (unpaired) electrons. The van der Waals surface area contributed by atoms with Crippen LogP contribution < -0.4 is 10.1 Å². The Hall–Kier alpha value is -2.61. The van der Waals surface area contributed by atoms with Crippen LogP contribution in [-0.2, 0) is 6.54 Å². The topological polar surface area (TPSA) is 70.8 Å². The van der Waals surface area contributed by atoms with E-state index in [0.717, 1.165) is 22.8 Å². The second-order valence-electron chi connectivity index (χ2n) is 5.09. The van der Waals surface area contributed by atoms with Gasteiger partial charge in [0.2, 0.25) is 0 Å². The fraction of sp³-hybridized carbons (Fsp3) is 0.353. The first-order valence-electron chi connectivity index (χ1n) is 7.31. The van der Waals surface area contributed by atoms with Gasteiger partial charge in [-0.15, -0.1) is 0 Å². The van der Waals surface area contributed by atoms with Crippen LogP contribution in [0.2, 0.25) is 0 Å². The van der Waals surface area contributed by atoms with Gasteiger partial charge in [0, 0.05) is 12.7 Å². The summed E-state index contributed by atoms with van der Waals surface area (Å²) in [5.74, 6) is 1.49. The minimum Gasteiger partial charge on any atom is -0.476 e.